The van der Waals surface area contributed by atoms with Crippen LogP contribution in [0.4, 0.5) is 0 Å². The summed E-state index contributed by atoms with van der Waals surface area (Å²) in [5.41, 5.74) is 1.24. The van der Waals surface area contributed by atoms with Gasteiger partial charge in [0.15, 0.2) is 5.96 Å². The smallest absolute Gasteiger partial charge is 0.191 e. The number of guanidine groups is 1. The molecule has 1 aromatic carbocycles. The quantitative estimate of drug-likeness (QED) is 0.475. The van der Waals surface area contributed by atoms with E-state index in [1.54, 1.807) is 0 Å². The van der Waals surface area contributed by atoms with Gasteiger partial charge < -0.3 is 20.1 Å². The zero-order chi connectivity index (χ0) is 20.2. The number of benzene rings is 1. The molecule has 0 aromatic heterocycles. The molecule has 1 saturated heterocycles. The molecule has 2 N–H and O–H groups in total. The molecule has 1 heterocycles. The molecule has 0 amide bonds. The Morgan fingerprint density at radius 3 is 2.61 bits per heavy atom. The summed E-state index contributed by atoms with van der Waals surface area (Å²) < 4.78 is 11.3. The maximum atomic E-state index is 5.85. The van der Waals surface area contributed by atoms with Crippen molar-refractivity contribution in [2.75, 3.05) is 52.5 Å². The van der Waals surface area contributed by atoms with E-state index in [-0.39, 0.29) is 5.54 Å². The first-order valence-electron chi connectivity index (χ1n) is 10.5. The van der Waals surface area contributed by atoms with Crippen molar-refractivity contribution in [2.45, 2.75) is 39.8 Å². The number of morpholine rings is 1. The van der Waals surface area contributed by atoms with Crippen LogP contribution in [0.3, 0.4) is 0 Å². The van der Waals surface area contributed by atoms with E-state index in [0.29, 0.717) is 12.5 Å². The third-order valence-electron chi connectivity index (χ3n) is 4.97. The Balaban J connectivity index is 1.75. The Morgan fingerprint density at radius 1 is 1.21 bits per heavy atom. The fourth-order valence-corrected chi connectivity index (χ4v) is 3.16. The second-order valence-electron chi connectivity index (χ2n) is 8.09. The van der Waals surface area contributed by atoms with Crippen molar-refractivity contribution in [3.8, 4) is 0 Å². The minimum Gasteiger partial charge on any atom is -0.379 e. The normalized spacial score (nSPS) is 17.4. The average Bonchev–Trinajstić information content (AvgIpc) is 2.71. The predicted octanol–water partition coefficient (Wildman–Crippen LogP) is 2.51. The Morgan fingerprint density at radius 2 is 1.93 bits per heavy atom. The van der Waals surface area contributed by atoms with E-state index in [2.05, 4.69) is 55.4 Å². The number of rotatable bonds is 10. The highest BCUT2D eigenvalue weighted by molar-refractivity contribution is 5.79. The molecule has 1 unspecified atom stereocenters. The second kappa shape index (κ2) is 12.0. The van der Waals surface area contributed by atoms with Crippen LogP contribution in [0.2, 0.25) is 0 Å². The summed E-state index contributed by atoms with van der Waals surface area (Å²) in [4.78, 5) is 7.29. The van der Waals surface area contributed by atoms with Gasteiger partial charge in [-0.1, -0.05) is 37.3 Å². The average molecular weight is 391 g/mol. The number of nitrogens with zero attached hydrogens (tertiary/aromatic N) is 2. The van der Waals surface area contributed by atoms with Crippen LogP contribution < -0.4 is 10.6 Å². The van der Waals surface area contributed by atoms with Crippen molar-refractivity contribution in [1.82, 2.24) is 15.5 Å². The van der Waals surface area contributed by atoms with E-state index < -0.39 is 0 Å². The van der Waals surface area contributed by atoms with E-state index in [0.717, 1.165) is 58.5 Å². The van der Waals surface area contributed by atoms with Crippen LogP contribution in [0.25, 0.3) is 0 Å². The summed E-state index contributed by atoms with van der Waals surface area (Å²) in [6.45, 7) is 16.2. The largest absolute Gasteiger partial charge is 0.379 e. The van der Waals surface area contributed by atoms with E-state index >= 15 is 0 Å². The van der Waals surface area contributed by atoms with Gasteiger partial charge in [0.25, 0.3) is 0 Å². The first-order chi connectivity index (χ1) is 13.5. The van der Waals surface area contributed by atoms with Crippen molar-refractivity contribution in [3.05, 3.63) is 35.9 Å². The molecule has 1 fully saturated rings. The van der Waals surface area contributed by atoms with Gasteiger partial charge >= 0.3 is 0 Å². The van der Waals surface area contributed by atoms with Gasteiger partial charge in [0.2, 0.25) is 0 Å². The maximum absolute atomic E-state index is 5.85. The molecule has 2 rings (SSSR count). The summed E-state index contributed by atoms with van der Waals surface area (Å²) in [7, 11) is 0. The van der Waals surface area contributed by atoms with E-state index in [1.165, 1.54) is 5.56 Å². The molecule has 1 aliphatic heterocycles. The molecular formula is C22H38N4O2. The highest BCUT2D eigenvalue weighted by Crippen LogP contribution is 2.16. The fourth-order valence-electron chi connectivity index (χ4n) is 3.16. The number of hydrogen-bond donors (Lipinski definition) is 2. The molecule has 1 aliphatic rings. The molecular weight excluding hydrogens is 352 g/mol. The van der Waals surface area contributed by atoms with Crippen LogP contribution in [0.15, 0.2) is 35.3 Å². The van der Waals surface area contributed by atoms with Gasteiger partial charge in [0, 0.05) is 31.7 Å². The van der Waals surface area contributed by atoms with Crippen LogP contribution in [0, 0.1) is 5.92 Å². The molecule has 6 heteroatoms. The Hall–Kier alpha value is -1.63. The standard InChI is InChI=1S/C22H38N4O2/c1-5-23-21(25-18-22(3,4)26-11-13-27-14-12-26)24-15-19(2)16-28-17-20-9-7-6-8-10-20/h6-10,19H,5,11-18H2,1-4H3,(H2,23,24,25). The van der Waals surface area contributed by atoms with Crippen LogP contribution in [0.5, 0.6) is 0 Å². The molecule has 1 aromatic rings. The van der Waals surface area contributed by atoms with Gasteiger partial charge in [-0.2, -0.15) is 0 Å². The third kappa shape index (κ3) is 8.17. The van der Waals surface area contributed by atoms with Crippen LogP contribution in [-0.4, -0.2) is 68.9 Å². The van der Waals surface area contributed by atoms with Gasteiger partial charge in [-0.05, 0) is 32.3 Å². The molecule has 1 atom stereocenters. The van der Waals surface area contributed by atoms with Gasteiger partial charge in [-0.25, -0.2) is 0 Å². The zero-order valence-electron chi connectivity index (χ0n) is 18.0. The Kier molecular flexibility index (Phi) is 9.75. The first kappa shape index (κ1) is 22.7. The minimum atomic E-state index is 0.0243. The second-order valence-corrected chi connectivity index (χ2v) is 8.09. The lowest BCUT2D eigenvalue weighted by Gasteiger charge is -2.39. The Labute approximate surface area is 170 Å². The highest BCUT2D eigenvalue weighted by Gasteiger charge is 2.28. The summed E-state index contributed by atoms with van der Waals surface area (Å²) in [6.07, 6.45) is 0. The summed E-state index contributed by atoms with van der Waals surface area (Å²) >= 11 is 0. The van der Waals surface area contributed by atoms with E-state index in [1.807, 2.05) is 18.2 Å². The van der Waals surface area contributed by atoms with E-state index in [4.69, 9.17) is 14.5 Å². The molecule has 6 nitrogen and oxygen atoms in total. The Bertz CT molecular complexity index is 571. The van der Waals surface area contributed by atoms with Crippen molar-refractivity contribution >= 4 is 5.96 Å². The van der Waals surface area contributed by atoms with Crippen LogP contribution in [0.1, 0.15) is 33.3 Å². The van der Waals surface area contributed by atoms with Gasteiger partial charge in [0.1, 0.15) is 0 Å². The minimum absolute atomic E-state index is 0.0243. The van der Waals surface area contributed by atoms with Crippen molar-refractivity contribution in [3.63, 3.8) is 0 Å². The molecule has 0 spiro atoms. The molecule has 0 saturated carbocycles. The summed E-state index contributed by atoms with van der Waals surface area (Å²) in [6, 6.07) is 10.3. The van der Waals surface area contributed by atoms with Gasteiger partial charge in [-0.3, -0.25) is 9.89 Å². The molecule has 0 bridgehead atoms. The van der Waals surface area contributed by atoms with Crippen molar-refractivity contribution in [2.24, 2.45) is 10.9 Å². The number of hydrogen-bond acceptors (Lipinski definition) is 4. The fraction of sp³-hybridized carbons (Fsp3) is 0.682. The summed E-state index contributed by atoms with van der Waals surface area (Å²) in [5, 5.41) is 6.81. The highest BCUT2D eigenvalue weighted by atomic mass is 16.5. The number of ether oxygens (including phenoxy) is 2. The first-order valence-corrected chi connectivity index (χ1v) is 10.5. The van der Waals surface area contributed by atoms with Crippen molar-refractivity contribution < 1.29 is 9.47 Å². The van der Waals surface area contributed by atoms with Crippen molar-refractivity contribution in [1.29, 1.82) is 0 Å². The van der Waals surface area contributed by atoms with E-state index in [9.17, 15) is 0 Å². The predicted molar refractivity (Wildman–Crippen MR) is 116 cm³/mol. The maximum Gasteiger partial charge on any atom is 0.191 e. The third-order valence-corrected chi connectivity index (χ3v) is 4.97. The number of aliphatic imine (C=N–C) groups is 1. The zero-order valence-corrected chi connectivity index (χ0v) is 18.0. The lowest BCUT2D eigenvalue weighted by molar-refractivity contribution is -0.00684. The molecule has 0 aliphatic carbocycles. The van der Waals surface area contributed by atoms with Crippen LogP contribution >= 0.6 is 0 Å². The lowest BCUT2D eigenvalue weighted by Crippen LogP contribution is -2.52. The van der Waals surface area contributed by atoms with Crippen LogP contribution in [-0.2, 0) is 16.1 Å². The lowest BCUT2D eigenvalue weighted by atomic mass is 10.0. The summed E-state index contributed by atoms with van der Waals surface area (Å²) in [5.74, 6) is 1.28. The SMILES string of the molecule is CCNC(=NCC(C)(C)N1CCOCC1)NCC(C)COCc1ccccc1. The molecule has 158 valence electrons. The monoisotopic (exact) mass is 390 g/mol. The number of nitrogens with one attached hydrogen (secondary N) is 2. The molecule has 0 radical (unpaired) electrons. The molecule has 28 heavy (non-hydrogen) atoms. The van der Waals surface area contributed by atoms with Gasteiger partial charge in [0.05, 0.1) is 33.0 Å². The topological polar surface area (TPSA) is 58.1 Å². The van der Waals surface area contributed by atoms with Gasteiger partial charge in [-0.15, -0.1) is 0 Å².